The summed E-state index contributed by atoms with van der Waals surface area (Å²) in [5.74, 6) is -0.0235. The number of anilines is 1. The molecule has 1 heterocycles. The third-order valence-electron chi connectivity index (χ3n) is 3.20. The fourth-order valence-electron chi connectivity index (χ4n) is 2.05. The van der Waals surface area contributed by atoms with Crippen LogP contribution >= 0.6 is 23.1 Å². The Hall–Kier alpha value is -1.85. The van der Waals surface area contributed by atoms with Crippen molar-refractivity contribution in [2.45, 2.75) is 24.0 Å². The molecular formula is C17H16N2OS2. The van der Waals surface area contributed by atoms with E-state index in [-0.39, 0.29) is 11.2 Å². The van der Waals surface area contributed by atoms with Gasteiger partial charge < -0.3 is 5.32 Å². The van der Waals surface area contributed by atoms with Crippen molar-refractivity contribution in [1.29, 1.82) is 0 Å². The highest BCUT2D eigenvalue weighted by Gasteiger charge is 2.16. The fraction of sp³-hybridized carbons (Fsp3) is 0.176. The van der Waals surface area contributed by atoms with E-state index >= 15 is 0 Å². The van der Waals surface area contributed by atoms with Crippen molar-refractivity contribution in [1.82, 2.24) is 4.98 Å². The Morgan fingerprint density at radius 3 is 2.77 bits per heavy atom. The molecule has 0 fully saturated rings. The number of thiazole rings is 1. The van der Waals surface area contributed by atoms with Crippen LogP contribution in [0, 0.1) is 6.92 Å². The van der Waals surface area contributed by atoms with Crippen molar-refractivity contribution < 1.29 is 4.79 Å². The highest BCUT2D eigenvalue weighted by molar-refractivity contribution is 8.00. The van der Waals surface area contributed by atoms with Crippen molar-refractivity contribution >= 4 is 44.4 Å². The first-order valence-corrected chi connectivity index (χ1v) is 8.71. The average Bonchev–Trinajstić information content (AvgIpc) is 2.89. The van der Waals surface area contributed by atoms with E-state index < -0.39 is 0 Å². The second kappa shape index (κ2) is 6.50. The number of nitrogens with zero attached hydrogens (tertiary/aromatic N) is 1. The molecule has 0 aliphatic carbocycles. The molecule has 1 atom stereocenters. The van der Waals surface area contributed by atoms with Gasteiger partial charge >= 0.3 is 0 Å². The lowest BCUT2D eigenvalue weighted by Gasteiger charge is -2.10. The molecule has 112 valence electrons. The van der Waals surface area contributed by atoms with Gasteiger partial charge in [-0.1, -0.05) is 35.6 Å². The lowest BCUT2D eigenvalue weighted by molar-refractivity contribution is -0.115. The van der Waals surface area contributed by atoms with Gasteiger partial charge in [0.2, 0.25) is 5.91 Å². The number of aromatic nitrogens is 1. The minimum absolute atomic E-state index is 0.0235. The first kappa shape index (κ1) is 15.1. The van der Waals surface area contributed by atoms with E-state index in [2.05, 4.69) is 23.3 Å². The number of carbonyl (C=O) groups excluding carboxylic acids is 1. The summed E-state index contributed by atoms with van der Waals surface area (Å²) < 4.78 is 1.10. The summed E-state index contributed by atoms with van der Waals surface area (Å²) in [6, 6.07) is 16.0. The molecule has 0 saturated heterocycles. The largest absolute Gasteiger partial charge is 0.301 e. The van der Waals surface area contributed by atoms with Gasteiger partial charge in [0, 0.05) is 4.90 Å². The maximum absolute atomic E-state index is 12.3. The number of rotatable bonds is 4. The van der Waals surface area contributed by atoms with Gasteiger partial charge in [0.15, 0.2) is 5.13 Å². The summed E-state index contributed by atoms with van der Waals surface area (Å²) in [5.41, 5.74) is 2.12. The Balaban J connectivity index is 1.69. The number of nitrogens with one attached hydrogen (secondary N) is 1. The zero-order valence-corrected chi connectivity index (χ0v) is 14.0. The van der Waals surface area contributed by atoms with Crippen LogP contribution in [0.4, 0.5) is 5.13 Å². The maximum atomic E-state index is 12.3. The van der Waals surface area contributed by atoms with Gasteiger partial charge in [-0.3, -0.25) is 4.79 Å². The van der Waals surface area contributed by atoms with Crippen LogP contribution in [-0.2, 0) is 4.79 Å². The minimum Gasteiger partial charge on any atom is -0.301 e. The molecule has 3 rings (SSSR count). The highest BCUT2D eigenvalue weighted by Crippen LogP contribution is 2.28. The second-order valence-corrected chi connectivity index (χ2v) is 7.50. The number of fused-ring (bicyclic) bond motifs is 1. The summed E-state index contributed by atoms with van der Waals surface area (Å²) in [6.45, 7) is 3.96. The molecule has 2 aromatic carbocycles. The standard InChI is InChI=1S/C17H16N2OS2/c1-11-8-9-14-15(10-11)22-17(18-14)19-16(20)12(2)21-13-6-4-3-5-7-13/h3-10,12H,1-2H3,(H,18,19,20). The monoisotopic (exact) mass is 328 g/mol. The Kier molecular flexibility index (Phi) is 4.45. The number of aryl methyl sites for hydroxylation is 1. The first-order valence-electron chi connectivity index (χ1n) is 7.01. The van der Waals surface area contributed by atoms with E-state index in [1.54, 1.807) is 11.8 Å². The molecule has 1 aromatic heterocycles. The van der Waals surface area contributed by atoms with Crippen LogP contribution in [-0.4, -0.2) is 16.1 Å². The van der Waals surface area contributed by atoms with E-state index in [0.717, 1.165) is 15.1 Å². The molecule has 3 aromatic rings. The Morgan fingerprint density at radius 2 is 2.00 bits per heavy atom. The van der Waals surface area contributed by atoms with E-state index in [4.69, 9.17) is 0 Å². The molecule has 1 amide bonds. The third kappa shape index (κ3) is 3.48. The van der Waals surface area contributed by atoms with E-state index in [9.17, 15) is 4.79 Å². The van der Waals surface area contributed by atoms with Crippen LogP contribution in [0.1, 0.15) is 12.5 Å². The van der Waals surface area contributed by atoms with Crippen LogP contribution in [0.15, 0.2) is 53.4 Å². The lowest BCUT2D eigenvalue weighted by Crippen LogP contribution is -2.22. The van der Waals surface area contributed by atoms with Crippen molar-refractivity contribution in [3.05, 3.63) is 54.1 Å². The fourth-order valence-corrected chi connectivity index (χ4v) is 3.90. The maximum Gasteiger partial charge on any atom is 0.239 e. The summed E-state index contributed by atoms with van der Waals surface area (Å²) >= 11 is 3.06. The second-order valence-electron chi connectivity index (χ2n) is 5.05. The molecule has 0 radical (unpaired) electrons. The number of amides is 1. The summed E-state index contributed by atoms with van der Waals surface area (Å²) in [4.78, 5) is 17.8. The topological polar surface area (TPSA) is 42.0 Å². The molecule has 0 aliphatic rings. The van der Waals surface area contributed by atoms with Crippen LogP contribution in [0.3, 0.4) is 0 Å². The van der Waals surface area contributed by atoms with Gasteiger partial charge in [0.25, 0.3) is 0 Å². The molecule has 0 spiro atoms. The average molecular weight is 328 g/mol. The smallest absolute Gasteiger partial charge is 0.239 e. The Labute approximate surface area is 137 Å². The van der Waals surface area contributed by atoms with Gasteiger partial charge in [0.1, 0.15) is 0 Å². The quantitative estimate of drug-likeness (QED) is 0.704. The molecular weight excluding hydrogens is 312 g/mol. The van der Waals surface area contributed by atoms with Gasteiger partial charge in [-0.15, -0.1) is 11.8 Å². The van der Waals surface area contributed by atoms with Crippen LogP contribution < -0.4 is 5.32 Å². The molecule has 1 unspecified atom stereocenters. The lowest BCUT2D eigenvalue weighted by atomic mass is 10.2. The molecule has 3 nitrogen and oxygen atoms in total. The van der Waals surface area contributed by atoms with Gasteiger partial charge in [-0.2, -0.15) is 0 Å². The van der Waals surface area contributed by atoms with E-state index in [1.165, 1.54) is 16.9 Å². The Morgan fingerprint density at radius 1 is 1.23 bits per heavy atom. The Bertz CT molecular complexity index is 799. The molecule has 1 N–H and O–H groups in total. The summed E-state index contributed by atoms with van der Waals surface area (Å²) in [6.07, 6.45) is 0. The van der Waals surface area contributed by atoms with Crippen molar-refractivity contribution in [3.8, 4) is 0 Å². The SMILES string of the molecule is Cc1ccc2nc(NC(=O)C(C)Sc3ccccc3)sc2c1. The van der Waals surface area contributed by atoms with Gasteiger partial charge in [-0.05, 0) is 43.7 Å². The zero-order valence-electron chi connectivity index (χ0n) is 12.4. The number of hydrogen-bond donors (Lipinski definition) is 1. The van der Waals surface area contributed by atoms with Crippen molar-refractivity contribution in [2.75, 3.05) is 5.32 Å². The van der Waals surface area contributed by atoms with Crippen LogP contribution in [0.25, 0.3) is 10.2 Å². The third-order valence-corrected chi connectivity index (χ3v) is 5.24. The predicted octanol–water partition coefficient (Wildman–Crippen LogP) is 4.72. The number of hydrogen-bond acceptors (Lipinski definition) is 4. The number of carbonyl (C=O) groups is 1. The molecule has 0 aliphatic heterocycles. The summed E-state index contributed by atoms with van der Waals surface area (Å²) in [7, 11) is 0. The van der Waals surface area contributed by atoms with Crippen LogP contribution in [0.2, 0.25) is 0 Å². The zero-order chi connectivity index (χ0) is 15.5. The van der Waals surface area contributed by atoms with E-state index in [0.29, 0.717) is 5.13 Å². The van der Waals surface area contributed by atoms with E-state index in [1.807, 2.05) is 49.4 Å². The minimum atomic E-state index is -0.170. The van der Waals surface area contributed by atoms with Crippen molar-refractivity contribution in [2.24, 2.45) is 0 Å². The molecule has 0 bridgehead atoms. The predicted molar refractivity (Wildman–Crippen MR) is 94.7 cm³/mol. The van der Waals surface area contributed by atoms with Gasteiger partial charge in [-0.25, -0.2) is 4.98 Å². The molecule has 0 saturated carbocycles. The van der Waals surface area contributed by atoms with Crippen molar-refractivity contribution in [3.63, 3.8) is 0 Å². The molecule has 22 heavy (non-hydrogen) atoms. The summed E-state index contributed by atoms with van der Waals surface area (Å²) in [5, 5.41) is 3.41. The first-order chi connectivity index (χ1) is 10.6. The number of thioether (sulfide) groups is 1. The highest BCUT2D eigenvalue weighted by atomic mass is 32.2. The van der Waals surface area contributed by atoms with Gasteiger partial charge in [0.05, 0.1) is 15.5 Å². The normalized spacial score (nSPS) is 12.3. The molecule has 5 heteroatoms. The van der Waals surface area contributed by atoms with Crippen LogP contribution in [0.5, 0.6) is 0 Å². The number of benzene rings is 2.